The molecule has 112 valence electrons. The molecule has 1 fully saturated rings. The predicted octanol–water partition coefficient (Wildman–Crippen LogP) is 3.80. The van der Waals surface area contributed by atoms with E-state index in [-0.39, 0.29) is 0 Å². The summed E-state index contributed by atoms with van der Waals surface area (Å²) in [6, 6.07) is 10.3. The Balaban J connectivity index is 2.19. The second-order valence-corrected chi connectivity index (χ2v) is 6.14. The van der Waals surface area contributed by atoms with Crippen LogP contribution in [0.3, 0.4) is 0 Å². The van der Waals surface area contributed by atoms with Crippen molar-refractivity contribution in [3.8, 4) is 0 Å². The van der Waals surface area contributed by atoms with Crippen molar-refractivity contribution in [3.05, 3.63) is 35.9 Å². The molecule has 0 spiro atoms. The Bertz CT molecular complexity index is 386. The highest BCUT2D eigenvalue weighted by Crippen LogP contribution is 2.36. The van der Waals surface area contributed by atoms with E-state index in [0.717, 1.165) is 31.4 Å². The average molecular weight is 275 g/mol. The molecular formula is C18H29NO. The lowest BCUT2D eigenvalue weighted by Crippen LogP contribution is -2.41. The SMILES string of the molecule is CCCC(CN1CCCC1)C(O)(CC)c1ccccc1. The first-order valence-corrected chi connectivity index (χ1v) is 8.21. The van der Waals surface area contributed by atoms with Crippen LogP contribution >= 0.6 is 0 Å². The first-order chi connectivity index (χ1) is 9.70. The van der Waals surface area contributed by atoms with Crippen LogP contribution in [0, 0.1) is 5.92 Å². The lowest BCUT2D eigenvalue weighted by molar-refractivity contribution is -0.0425. The summed E-state index contributed by atoms with van der Waals surface area (Å²) in [6.07, 6.45) is 5.64. The molecule has 1 aliphatic heterocycles. The van der Waals surface area contributed by atoms with Crippen LogP contribution in [-0.4, -0.2) is 29.6 Å². The Morgan fingerprint density at radius 2 is 1.80 bits per heavy atom. The number of nitrogens with zero attached hydrogens (tertiary/aromatic N) is 1. The number of hydrogen-bond donors (Lipinski definition) is 1. The second kappa shape index (κ2) is 7.24. The smallest absolute Gasteiger partial charge is 0.0934 e. The normalized spacial score (nSPS) is 20.8. The van der Waals surface area contributed by atoms with Crippen LogP contribution in [0.4, 0.5) is 0 Å². The van der Waals surface area contributed by atoms with Gasteiger partial charge in [-0.2, -0.15) is 0 Å². The Labute approximate surface area is 123 Å². The molecule has 0 aliphatic carbocycles. The van der Waals surface area contributed by atoms with E-state index in [4.69, 9.17) is 0 Å². The first-order valence-electron chi connectivity index (χ1n) is 8.21. The molecular weight excluding hydrogens is 246 g/mol. The van der Waals surface area contributed by atoms with Gasteiger partial charge in [-0.1, -0.05) is 50.6 Å². The van der Waals surface area contributed by atoms with Crippen LogP contribution in [0.2, 0.25) is 0 Å². The Morgan fingerprint density at radius 1 is 1.15 bits per heavy atom. The number of likely N-dealkylation sites (tertiary alicyclic amines) is 1. The van der Waals surface area contributed by atoms with E-state index >= 15 is 0 Å². The van der Waals surface area contributed by atoms with E-state index in [2.05, 4.69) is 30.9 Å². The largest absolute Gasteiger partial charge is 0.385 e. The van der Waals surface area contributed by atoms with Gasteiger partial charge in [-0.25, -0.2) is 0 Å². The maximum absolute atomic E-state index is 11.3. The topological polar surface area (TPSA) is 23.5 Å². The third kappa shape index (κ3) is 3.42. The highest BCUT2D eigenvalue weighted by atomic mass is 16.3. The summed E-state index contributed by atoms with van der Waals surface area (Å²) in [4.78, 5) is 2.53. The summed E-state index contributed by atoms with van der Waals surface area (Å²) >= 11 is 0. The zero-order valence-electron chi connectivity index (χ0n) is 13.0. The van der Waals surface area contributed by atoms with Crippen LogP contribution in [0.25, 0.3) is 0 Å². The van der Waals surface area contributed by atoms with Gasteiger partial charge in [0, 0.05) is 12.5 Å². The first kappa shape index (κ1) is 15.5. The Kier molecular flexibility index (Phi) is 5.62. The van der Waals surface area contributed by atoms with E-state index < -0.39 is 5.60 Å². The van der Waals surface area contributed by atoms with E-state index in [1.54, 1.807) is 0 Å². The maximum Gasteiger partial charge on any atom is 0.0934 e. The van der Waals surface area contributed by atoms with E-state index in [9.17, 15) is 5.11 Å². The van der Waals surface area contributed by atoms with Crippen molar-refractivity contribution in [1.82, 2.24) is 4.90 Å². The Morgan fingerprint density at radius 3 is 2.35 bits per heavy atom. The summed E-state index contributed by atoms with van der Waals surface area (Å²) < 4.78 is 0. The molecule has 20 heavy (non-hydrogen) atoms. The summed E-state index contributed by atoms with van der Waals surface area (Å²) in [5, 5.41) is 11.3. The van der Waals surface area contributed by atoms with E-state index in [1.165, 1.54) is 25.9 Å². The molecule has 1 aromatic carbocycles. The molecule has 1 N–H and O–H groups in total. The van der Waals surface area contributed by atoms with Crippen LogP contribution in [0.1, 0.15) is 51.5 Å². The third-order valence-electron chi connectivity index (χ3n) is 4.80. The van der Waals surface area contributed by atoms with E-state index in [0.29, 0.717) is 5.92 Å². The molecule has 0 aromatic heterocycles. The molecule has 0 bridgehead atoms. The molecule has 2 heteroatoms. The molecule has 2 nitrogen and oxygen atoms in total. The lowest BCUT2D eigenvalue weighted by atomic mass is 9.76. The second-order valence-electron chi connectivity index (χ2n) is 6.14. The number of hydrogen-bond acceptors (Lipinski definition) is 2. The molecule has 1 saturated heterocycles. The molecule has 1 aromatic rings. The van der Waals surface area contributed by atoms with Gasteiger partial charge in [0.1, 0.15) is 0 Å². The van der Waals surface area contributed by atoms with Crippen molar-refractivity contribution in [2.75, 3.05) is 19.6 Å². The predicted molar refractivity (Wildman–Crippen MR) is 84.7 cm³/mol. The van der Waals surface area contributed by atoms with Crippen molar-refractivity contribution in [3.63, 3.8) is 0 Å². The van der Waals surface area contributed by atoms with Gasteiger partial charge in [-0.05, 0) is 44.3 Å². The van der Waals surface area contributed by atoms with Gasteiger partial charge in [-0.15, -0.1) is 0 Å². The van der Waals surface area contributed by atoms with Crippen molar-refractivity contribution >= 4 is 0 Å². The molecule has 2 rings (SSSR count). The molecule has 2 unspecified atom stereocenters. The minimum absolute atomic E-state index is 0.331. The maximum atomic E-state index is 11.3. The van der Waals surface area contributed by atoms with Crippen molar-refractivity contribution < 1.29 is 5.11 Å². The third-order valence-corrected chi connectivity index (χ3v) is 4.80. The van der Waals surface area contributed by atoms with Crippen LogP contribution in [0.5, 0.6) is 0 Å². The van der Waals surface area contributed by atoms with Crippen molar-refractivity contribution in [1.29, 1.82) is 0 Å². The zero-order chi connectivity index (χ0) is 14.4. The number of benzene rings is 1. The highest BCUT2D eigenvalue weighted by Gasteiger charge is 2.37. The monoisotopic (exact) mass is 275 g/mol. The fourth-order valence-electron chi connectivity index (χ4n) is 3.56. The van der Waals surface area contributed by atoms with Crippen molar-refractivity contribution in [2.24, 2.45) is 5.92 Å². The molecule has 1 aliphatic rings. The number of aliphatic hydroxyl groups is 1. The molecule has 1 heterocycles. The number of rotatable bonds is 7. The molecule has 0 amide bonds. The Hall–Kier alpha value is -0.860. The van der Waals surface area contributed by atoms with Crippen molar-refractivity contribution in [2.45, 2.75) is 51.6 Å². The van der Waals surface area contributed by atoms with Gasteiger partial charge >= 0.3 is 0 Å². The summed E-state index contributed by atoms with van der Waals surface area (Å²) in [5.41, 5.74) is 0.403. The molecule has 0 radical (unpaired) electrons. The highest BCUT2D eigenvalue weighted by molar-refractivity contribution is 5.23. The minimum Gasteiger partial charge on any atom is -0.385 e. The van der Waals surface area contributed by atoms with Gasteiger partial charge in [0.05, 0.1) is 5.60 Å². The summed E-state index contributed by atoms with van der Waals surface area (Å²) in [5.74, 6) is 0.331. The van der Waals surface area contributed by atoms with Gasteiger partial charge in [-0.3, -0.25) is 0 Å². The van der Waals surface area contributed by atoms with Gasteiger partial charge in [0.15, 0.2) is 0 Å². The summed E-state index contributed by atoms with van der Waals surface area (Å²) in [7, 11) is 0. The zero-order valence-corrected chi connectivity index (χ0v) is 13.0. The van der Waals surface area contributed by atoms with E-state index in [1.807, 2.05) is 18.2 Å². The lowest BCUT2D eigenvalue weighted by Gasteiger charge is -2.38. The summed E-state index contributed by atoms with van der Waals surface area (Å²) in [6.45, 7) is 7.77. The molecule has 2 atom stereocenters. The van der Waals surface area contributed by atoms with Gasteiger partial charge in [0.25, 0.3) is 0 Å². The van der Waals surface area contributed by atoms with Crippen LogP contribution in [0.15, 0.2) is 30.3 Å². The van der Waals surface area contributed by atoms with Gasteiger partial charge in [0.2, 0.25) is 0 Å². The fraction of sp³-hybridized carbons (Fsp3) is 0.667. The molecule has 0 saturated carbocycles. The minimum atomic E-state index is -0.681. The van der Waals surface area contributed by atoms with Crippen LogP contribution in [-0.2, 0) is 5.60 Å². The quantitative estimate of drug-likeness (QED) is 0.818. The van der Waals surface area contributed by atoms with Crippen LogP contribution < -0.4 is 0 Å². The fourth-order valence-corrected chi connectivity index (χ4v) is 3.56. The standard InChI is InChI=1S/C18H29NO/c1-3-10-17(15-19-13-8-9-14-19)18(20,4-2)16-11-6-5-7-12-16/h5-7,11-12,17,20H,3-4,8-10,13-15H2,1-2H3. The van der Waals surface area contributed by atoms with Gasteiger partial charge < -0.3 is 10.0 Å². The average Bonchev–Trinajstić information content (AvgIpc) is 3.00.